The Bertz CT molecular complexity index is 995. The average Bonchev–Trinajstić information content (AvgIpc) is 3.29. The quantitative estimate of drug-likeness (QED) is 0.642. The van der Waals surface area contributed by atoms with Gasteiger partial charge in [0.1, 0.15) is 0 Å². The van der Waals surface area contributed by atoms with E-state index < -0.39 is 5.91 Å². The summed E-state index contributed by atoms with van der Waals surface area (Å²) in [5.41, 5.74) is 2.43. The van der Waals surface area contributed by atoms with Crippen molar-refractivity contribution < 1.29 is 19.2 Å². The fraction of sp³-hybridized carbons (Fsp3) is 0.238. The minimum absolute atomic E-state index is 0.0726. The number of nitrogens with zero attached hydrogens (tertiary/aromatic N) is 1. The zero-order chi connectivity index (χ0) is 21.7. The molecule has 3 rings (SSSR count). The summed E-state index contributed by atoms with van der Waals surface area (Å²) in [6.45, 7) is 3.80. The molecule has 1 aliphatic heterocycles. The number of carbonyl (C=O) groups excluding carboxylic acids is 4. The number of amides is 4. The van der Waals surface area contributed by atoms with Crippen molar-refractivity contribution >= 4 is 52.1 Å². The maximum absolute atomic E-state index is 12.4. The lowest BCUT2D eigenvalue weighted by Crippen LogP contribution is -2.41. The Balaban J connectivity index is 1.44. The Morgan fingerprint density at radius 3 is 2.50 bits per heavy atom. The van der Waals surface area contributed by atoms with E-state index in [0.29, 0.717) is 10.5 Å². The van der Waals surface area contributed by atoms with Gasteiger partial charge in [-0.1, -0.05) is 23.3 Å². The summed E-state index contributed by atoms with van der Waals surface area (Å²) in [5.74, 6) is -1.09. The number of imide groups is 1. The monoisotopic (exact) mass is 443 g/mol. The van der Waals surface area contributed by atoms with E-state index >= 15 is 0 Å². The molecule has 0 aliphatic carbocycles. The van der Waals surface area contributed by atoms with E-state index in [1.54, 1.807) is 18.2 Å². The van der Waals surface area contributed by atoms with E-state index in [1.807, 2.05) is 37.4 Å². The summed E-state index contributed by atoms with van der Waals surface area (Å²) in [6.07, 6.45) is 1.69. The van der Waals surface area contributed by atoms with E-state index in [0.717, 1.165) is 32.7 Å². The number of thioether (sulfide) groups is 1. The predicted molar refractivity (Wildman–Crippen MR) is 118 cm³/mol. The van der Waals surface area contributed by atoms with E-state index in [1.165, 1.54) is 11.3 Å². The zero-order valence-corrected chi connectivity index (χ0v) is 18.2. The van der Waals surface area contributed by atoms with Gasteiger partial charge < -0.3 is 10.6 Å². The molecule has 0 atom stereocenters. The molecule has 0 spiro atoms. The molecular formula is C21H21N3O4S2. The Hall–Kier alpha value is -2.91. The number of thiophene rings is 1. The van der Waals surface area contributed by atoms with Crippen LogP contribution < -0.4 is 10.6 Å². The van der Waals surface area contributed by atoms with Crippen LogP contribution in [0.25, 0.3) is 6.08 Å². The van der Waals surface area contributed by atoms with Crippen LogP contribution in [0, 0.1) is 13.8 Å². The molecule has 0 saturated carbocycles. The lowest BCUT2D eigenvalue weighted by atomic mass is 10.1. The second-order valence-electron chi connectivity index (χ2n) is 6.76. The zero-order valence-electron chi connectivity index (χ0n) is 16.6. The lowest BCUT2D eigenvalue weighted by Gasteiger charge is -2.13. The number of hydrogen-bond acceptors (Lipinski definition) is 6. The summed E-state index contributed by atoms with van der Waals surface area (Å²) >= 11 is 2.37. The fourth-order valence-electron chi connectivity index (χ4n) is 2.93. The first kappa shape index (κ1) is 21.8. The van der Waals surface area contributed by atoms with Crippen LogP contribution in [0.5, 0.6) is 0 Å². The Kier molecular flexibility index (Phi) is 7.07. The first-order chi connectivity index (χ1) is 14.3. The molecule has 7 nitrogen and oxygen atoms in total. The average molecular weight is 444 g/mol. The van der Waals surface area contributed by atoms with Gasteiger partial charge in [-0.3, -0.25) is 24.1 Å². The summed E-state index contributed by atoms with van der Waals surface area (Å²) < 4.78 is 0. The summed E-state index contributed by atoms with van der Waals surface area (Å²) in [6, 6.07) is 9.21. The third-order valence-electron chi connectivity index (χ3n) is 4.24. The van der Waals surface area contributed by atoms with E-state index in [9.17, 15) is 19.2 Å². The second-order valence-corrected chi connectivity index (χ2v) is 8.73. The summed E-state index contributed by atoms with van der Waals surface area (Å²) in [4.78, 5) is 51.0. The van der Waals surface area contributed by atoms with Crippen LogP contribution in [0.3, 0.4) is 0 Å². The van der Waals surface area contributed by atoms with Crippen LogP contribution in [0.1, 0.15) is 26.4 Å². The van der Waals surface area contributed by atoms with Gasteiger partial charge in [0.2, 0.25) is 5.91 Å². The maximum Gasteiger partial charge on any atom is 0.293 e. The lowest BCUT2D eigenvalue weighted by molar-refractivity contribution is -0.124. The standard InChI is InChI=1S/C21H21N3O4S2/c1-13-8-14(2)10-15(9-13)19(26)23-12-18(25)22-5-6-24-20(27)17(30-21(24)28)11-16-4-3-7-29-16/h3-4,7-11H,5-6,12H2,1-2H3,(H,22,25)(H,23,26). The van der Waals surface area contributed by atoms with Gasteiger partial charge in [-0.15, -0.1) is 11.3 Å². The normalized spacial score (nSPS) is 15.0. The van der Waals surface area contributed by atoms with E-state index in [-0.39, 0.29) is 36.7 Å². The largest absolute Gasteiger partial charge is 0.353 e. The van der Waals surface area contributed by atoms with Gasteiger partial charge in [0.05, 0.1) is 11.4 Å². The van der Waals surface area contributed by atoms with Crippen molar-refractivity contribution in [1.29, 1.82) is 0 Å². The molecule has 1 aromatic heterocycles. The van der Waals surface area contributed by atoms with Crippen molar-refractivity contribution in [2.75, 3.05) is 19.6 Å². The minimum atomic E-state index is -0.395. The predicted octanol–water partition coefficient (Wildman–Crippen LogP) is 2.95. The highest BCUT2D eigenvalue weighted by molar-refractivity contribution is 8.18. The minimum Gasteiger partial charge on any atom is -0.353 e. The number of carbonyl (C=O) groups is 4. The van der Waals surface area contributed by atoms with Crippen molar-refractivity contribution in [2.24, 2.45) is 0 Å². The smallest absolute Gasteiger partial charge is 0.293 e. The number of aryl methyl sites for hydroxylation is 2. The van der Waals surface area contributed by atoms with Crippen LogP contribution >= 0.6 is 23.1 Å². The van der Waals surface area contributed by atoms with Crippen molar-refractivity contribution in [3.63, 3.8) is 0 Å². The number of rotatable bonds is 7. The van der Waals surface area contributed by atoms with Gasteiger partial charge in [0, 0.05) is 23.5 Å². The van der Waals surface area contributed by atoms with Gasteiger partial charge in [0.25, 0.3) is 17.1 Å². The van der Waals surface area contributed by atoms with Gasteiger partial charge in [-0.25, -0.2) is 0 Å². The Morgan fingerprint density at radius 2 is 1.83 bits per heavy atom. The maximum atomic E-state index is 12.4. The number of hydrogen-bond donors (Lipinski definition) is 2. The van der Waals surface area contributed by atoms with Crippen molar-refractivity contribution in [3.8, 4) is 0 Å². The molecule has 2 N–H and O–H groups in total. The van der Waals surface area contributed by atoms with Crippen LogP contribution in [0.2, 0.25) is 0 Å². The third kappa shape index (κ3) is 5.58. The molecule has 9 heteroatoms. The van der Waals surface area contributed by atoms with E-state index in [2.05, 4.69) is 10.6 Å². The molecular weight excluding hydrogens is 422 g/mol. The van der Waals surface area contributed by atoms with Crippen molar-refractivity contribution in [3.05, 3.63) is 62.2 Å². The fourth-order valence-corrected chi connectivity index (χ4v) is 4.52. The first-order valence-electron chi connectivity index (χ1n) is 9.25. The molecule has 0 unspecified atom stereocenters. The summed E-state index contributed by atoms with van der Waals surface area (Å²) in [7, 11) is 0. The molecule has 30 heavy (non-hydrogen) atoms. The second kappa shape index (κ2) is 9.73. The van der Waals surface area contributed by atoms with Crippen molar-refractivity contribution in [2.45, 2.75) is 13.8 Å². The third-order valence-corrected chi connectivity index (χ3v) is 5.97. The van der Waals surface area contributed by atoms with Crippen LogP contribution in [0.4, 0.5) is 4.79 Å². The SMILES string of the molecule is Cc1cc(C)cc(C(=O)NCC(=O)NCCN2C(=O)SC(=Cc3cccs3)C2=O)c1. The van der Waals surface area contributed by atoms with Gasteiger partial charge in [0.15, 0.2) is 0 Å². The number of benzene rings is 1. The van der Waals surface area contributed by atoms with E-state index in [4.69, 9.17) is 0 Å². The molecule has 156 valence electrons. The first-order valence-corrected chi connectivity index (χ1v) is 10.9. The van der Waals surface area contributed by atoms with Crippen LogP contribution in [0.15, 0.2) is 40.6 Å². The van der Waals surface area contributed by atoms with Gasteiger partial charge in [-0.05, 0) is 55.3 Å². The molecule has 1 aromatic carbocycles. The van der Waals surface area contributed by atoms with Crippen LogP contribution in [-0.4, -0.2) is 47.5 Å². The molecule has 0 radical (unpaired) electrons. The van der Waals surface area contributed by atoms with Gasteiger partial charge >= 0.3 is 0 Å². The highest BCUT2D eigenvalue weighted by atomic mass is 32.2. The van der Waals surface area contributed by atoms with Crippen LogP contribution in [-0.2, 0) is 9.59 Å². The molecule has 4 amide bonds. The Morgan fingerprint density at radius 1 is 1.10 bits per heavy atom. The Labute approximate surface area is 182 Å². The molecule has 1 fully saturated rings. The van der Waals surface area contributed by atoms with Crippen molar-refractivity contribution in [1.82, 2.24) is 15.5 Å². The molecule has 1 aliphatic rings. The molecule has 1 saturated heterocycles. The molecule has 2 heterocycles. The number of nitrogens with one attached hydrogen (secondary N) is 2. The summed E-state index contributed by atoms with van der Waals surface area (Å²) in [5, 5.41) is 6.72. The topological polar surface area (TPSA) is 95.6 Å². The van der Waals surface area contributed by atoms with Gasteiger partial charge in [-0.2, -0.15) is 0 Å². The molecule has 0 bridgehead atoms. The highest BCUT2D eigenvalue weighted by Crippen LogP contribution is 2.32. The highest BCUT2D eigenvalue weighted by Gasteiger charge is 2.34. The molecule has 2 aromatic rings.